The Kier molecular flexibility index (Phi) is 4.84. The molecule has 31 heavy (non-hydrogen) atoms. The van der Waals surface area contributed by atoms with Gasteiger partial charge in [-0.15, -0.1) is 0 Å². The Balaban J connectivity index is 1.57. The van der Waals surface area contributed by atoms with Gasteiger partial charge in [-0.25, -0.2) is 12.4 Å². The smallest absolute Gasteiger partial charge is 0.264 e. The van der Waals surface area contributed by atoms with Gasteiger partial charge in [-0.2, -0.15) is 0 Å². The van der Waals surface area contributed by atoms with Crippen molar-refractivity contribution >= 4 is 20.9 Å². The molecule has 0 unspecified atom stereocenters. The molecule has 0 aliphatic heterocycles. The normalized spacial score (nSPS) is 11.6. The molecule has 0 atom stereocenters. The second-order valence-corrected chi connectivity index (χ2v) is 9.10. The molecular weight excluding hydrogens is 406 g/mol. The Bertz CT molecular complexity index is 1440. The van der Waals surface area contributed by atoms with Gasteiger partial charge in [0.25, 0.3) is 10.0 Å². The highest BCUT2D eigenvalue weighted by atomic mass is 32.2. The van der Waals surface area contributed by atoms with E-state index in [-0.39, 0.29) is 4.90 Å². The fourth-order valence-corrected chi connectivity index (χ4v) is 5.07. The monoisotopic (exact) mass is 425 g/mol. The second-order valence-electron chi connectivity index (χ2n) is 7.28. The molecule has 0 aliphatic rings. The quantitative estimate of drug-likeness (QED) is 0.401. The first-order valence-electron chi connectivity index (χ1n) is 9.87. The van der Waals surface area contributed by atoms with Gasteiger partial charge < -0.3 is 0 Å². The first kappa shape index (κ1) is 19.2. The van der Waals surface area contributed by atoms with Crippen LogP contribution in [0.25, 0.3) is 22.0 Å². The van der Waals surface area contributed by atoms with Crippen LogP contribution in [0.3, 0.4) is 0 Å². The van der Waals surface area contributed by atoms with Crippen molar-refractivity contribution in [2.45, 2.75) is 11.3 Å². The number of hydrogen-bond donors (Lipinski definition) is 0. The van der Waals surface area contributed by atoms with Crippen LogP contribution in [0.2, 0.25) is 0 Å². The molecule has 0 amide bonds. The number of nitrogens with zero attached hydrogens (tertiary/aromatic N) is 3. The fraction of sp³-hybridized carbons (Fsp3) is 0.0400. The summed E-state index contributed by atoms with van der Waals surface area (Å²) in [5.74, 6) is 0. The Hall–Kier alpha value is -3.77. The van der Waals surface area contributed by atoms with Gasteiger partial charge in [-0.3, -0.25) is 9.97 Å². The molecule has 6 heteroatoms. The molecule has 2 aromatic carbocycles. The molecule has 0 saturated carbocycles. The van der Waals surface area contributed by atoms with Crippen LogP contribution >= 0.6 is 0 Å². The van der Waals surface area contributed by atoms with E-state index in [9.17, 15) is 8.42 Å². The van der Waals surface area contributed by atoms with E-state index in [2.05, 4.69) is 28.2 Å². The highest BCUT2D eigenvalue weighted by molar-refractivity contribution is 7.90. The summed E-state index contributed by atoms with van der Waals surface area (Å²) in [6.07, 6.45) is 9.06. The highest BCUT2D eigenvalue weighted by Crippen LogP contribution is 2.33. The fourth-order valence-electron chi connectivity index (χ4n) is 3.73. The van der Waals surface area contributed by atoms with E-state index in [1.807, 2.05) is 48.7 Å². The average molecular weight is 426 g/mol. The minimum absolute atomic E-state index is 0.161. The molecule has 0 aliphatic carbocycles. The minimum atomic E-state index is -3.75. The average Bonchev–Trinajstić information content (AvgIpc) is 3.21. The van der Waals surface area contributed by atoms with E-state index in [1.54, 1.807) is 30.7 Å². The third-order valence-electron chi connectivity index (χ3n) is 5.27. The van der Waals surface area contributed by atoms with Crippen LogP contribution in [0, 0.1) is 0 Å². The number of aromatic nitrogens is 3. The number of benzene rings is 2. The standard InChI is InChI=1S/C25H19N3O2S/c29-31(30,22-6-4-14-27-17-22)28-18-24(23-7-1-2-8-25(23)28)21-11-9-19(10-12-21)15-20-5-3-13-26-16-20/h1-14,16-18H,15H2. The van der Waals surface area contributed by atoms with E-state index in [0.717, 1.165) is 28.5 Å². The lowest BCUT2D eigenvalue weighted by Gasteiger charge is -2.06. The molecule has 0 N–H and O–H groups in total. The van der Waals surface area contributed by atoms with Gasteiger partial charge in [-0.05, 0) is 47.4 Å². The molecule has 3 heterocycles. The van der Waals surface area contributed by atoms with Crippen molar-refractivity contribution in [2.24, 2.45) is 0 Å². The van der Waals surface area contributed by atoms with Crippen LogP contribution < -0.4 is 0 Å². The summed E-state index contributed by atoms with van der Waals surface area (Å²) < 4.78 is 27.9. The van der Waals surface area contributed by atoms with E-state index < -0.39 is 10.0 Å². The zero-order valence-corrected chi connectivity index (χ0v) is 17.4. The maximum absolute atomic E-state index is 13.3. The summed E-state index contributed by atoms with van der Waals surface area (Å²) in [6, 6.07) is 22.9. The van der Waals surface area contributed by atoms with Crippen LogP contribution in [0.15, 0.2) is 109 Å². The van der Waals surface area contributed by atoms with E-state index in [4.69, 9.17) is 0 Å². The third kappa shape index (κ3) is 3.62. The number of rotatable bonds is 5. The zero-order valence-electron chi connectivity index (χ0n) is 16.6. The SMILES string of the molecule is O=S(=O)(c1cccnc1)n1cc(-c2ccc(Cc3cccnc3)cc2)c2ccccc21. The van der Waals surface area contributed by atoms with Crippen molar-refractivity contribution in [1.82, 2.24) is 13.9 Å². The Morgan fingerprint density at radius 2 is 1.48 bits per heavy atom. The summed E-state index contributed by atoms with van der Waals surface area (Å²) in [5, 5.41) is 0.884. The molecule has 5 aromatic rings. The molecule has 152 valence electrons. The lowest BCUT2D eigenvalue weighted by Crippen LogP contribution is -2.11. The lowest BCUT2D eigenvalue weighted by atomic mass is 10.0. The van der Waals surface area contributed by atoms with Crippen LogP contribution in [0.1, 0.15) is 11.1 Å². The van der Waals surface area contributed by atoms with Crippen molar-refractivity contribution < 1.29 is 8.42 Å². The van der Waals surface area contributed by atoms with Crippen molar-refractivity contribution in [3.63, 3.8) is 0 Å². The number of hydrogen-bond acceptors (Lipinski definition) is 4. The molecule has 0 fully saturated rings. The van der Waals surface area contributed by atoms with Gasteiger partial charge in [0.05, 0.1) is 5.52 Å². The van der Waals surface area contributed by atoms with Gasteiger partial charge in [0.1, 0.15) is 4.90 Å². The molecule has 0 bridgehead atoms. The van der Waals surface area contributed by atoms with E-state index in [0.29, 0.717) is 5.52 Å². The van der Waals surface area contributed by atoms with E-state index in [1.165, 1.54) is 15.7 Å². The molecule has 3 aromatic heterocycles. The van der Waals surface area contributed by atoms with Crippen LogP contribution in [-0.4, -0.2) is 22.4 Å². The molecular formula is C25H19N3O2S. The Labute approximate surface area is 180 Å². The van der Waals surface area contributed by atoms with Crippen molar-refractivity contribution in [2.75, 3.05) is 0 Å². The summed E-state index contributed by atoms with van der Waals surface area (Å²) >= 11 is 0. The minimum Gasteiger partial charge on any atom is -0.264 e. The molecule has 0 spiro atoms. The molecule has 0 radical (unpaired) electrons. The van der Waals surface area contributed by atoms with Gasteiger partial charge >= 0.3 is 0 Å². The van der Waals surface area contributed by atoms with Crippen LogP contribution in [0.5, 0.6) is 0 Å². The topological polar surface area (TPSA) is 64.8 Å². The predicted molar refractivity (Wildman–Crippen MR) is 121 cm³/mol. The summed E-state index contributed by atoms with van der Waals surface area (Å²) in [4.78, 5) is 8.30. The van der Waals surface area contributed by atoms with Gasteiger partial charge in [-0.1, -0.05) is 48.5 Å². The van der Waals surface area contributed by atoms with Gasteiger partial charge in [0.15, 0.2) is 0 Å². The summed E-state index contributed by atoms with van der Waals surface area (Å²) in [5.41, 5.74) is 4.79. The first-order chi connectivity index (χ1) is 15.1. The number of pyridine rings is 2. The lowest BCUT2D eigenvalue weighted by molar-refractivity contribution is 0.588. The van der Waals surface area contributed by atoms with Crippen LogP contribution in [-0.2, 0) is 16.4 Å². The zero-order chi connectivity index (χ0) is 21.3. The summed E-state index contributed by atoms with van der Waals surface area (Å²) in [6.45, 7) is 0. The van der Waals surface area contributed by atoms with Crippen molar-refractivity contribution in [1.29, 1.82) is 0 Å². The Morgan fingerprint density at radius 1 is 0.742 bits per heavy atom. The highest BCUT2D eigenvalue weighted by Gasteiger charge is 2.21. The third-order valence-corrected chi connectivity index (χ3v) is 6.92. The predicted octanol–water partition coefficient (Wildman–Crippen LogP) is 4.93. The molecule has 0 saturated heterocycles. The molecule has 5 rings (SSSR count). The van der Waals surface area contributed by atoms with Crippen LogP contribution in [0.4, 0.5) is 0 Å². The number of para-hydroxylation sites is 1. The second kappa shape index (κ2) is 7.81. The number of fused-ring (bicyclic) bond motifs is 1. The maximum atomic E-state index is 13.3. The Morgan fingerprint density at radius 3 is 2.19 bits per heavy atom. The van der Waals surface area contributed by atoms with Crippen molar-refractivity contribution in [3.8, 4) is 11.1 Å². The first-order valence-corrected chi connectivity index (χ1v) is 11.3. The maximum Gasteiger partial charge on any atom is 0.269 e. The van der Waals surface area contributed by atoms with Crippen molar-refractivity contribution in [3.05, 3.63) is 115 Å². The summed E-state index contributed by atoms with van der Waals surface area (Å²) in [7, 11) is -3.75. The van der Waals surface area contributed by atoms with Gasteiger partial charge in [0, 0.05) is 41.9 Å². The largest absolute Gasteiger partial charge is 0.269 e. The van der Waals surface area contributed by atoms with Gasteiger partial charge in [0.2, 0.25) is 0 Å². The molecule has 5 nitrogen and oxygen atoms in total. The van der Waals surface area contributed by atoms with E-state index >= 15 is 0 Å².